The predicted octanol–water partition coefficient (Wildman–Crippen LogP) is 11.5. The minimum absolute atomic E-state index is 0.550. The molecule has 0 atom stereocenters. The third kappa shape index (κ3) is 4.24. The minimum Gasteiger partial charge on any atom is -0.309 e. The van der Waals surface area contributed by atoms with Crippen LogP contribution in [0.15, 0.2) is 152 Å². The number of nitriles is 2. The largest absolute Gasteiger partial charge is 0.309 e. The number of benzene rings is 7. The first-order valence-electron chi connectivity index (χ1n) is 16.3. The van der Waals surface area contributed by atoms with Crippen molar-refractivity contribution in [3.05, 3.63) is 174 Å². The van der Waals surface area contributed by atoms with Crippen LogP contribution in [0.1, 0.15) is 11.1 Å². The normalized spacial score (nSPS) is 11.1. The number of rotatable bonds is 4. The summed E-state index contributed by atoms with van der Waals surface area (Å²) in [6, 6.07) is 55.4. The van der Waals surface area contributed by atoms with Gasteiger partial charge in [0.2, 0.25) is 0 Å². The van der Waals surface area contributed by atoms with Crippen LogP contribution in [0, 0.1) is 29.2 Å². The van der Waals surface area contributed by atoms with Crippen LogP contribution in [0.5, 0.6) is 0 Å². The maximum Gasteiger partial charge on any atom is 0.195 e. The Hall–Kier alpha value is -7.39. The number of hydrogen-bond acceptors (Lipinski definition) is 2. The maximum absolute atomic E-state index is 10.3. The Labute approximate surface area is 288 Å². The average molecular weight is 636 g/mol. The van der Waals surface area contributed by atoms with Gasteiger partial charge in [0, 0.05) is 32.8 Å². The summed E-state index contributed by atoms with van der Waals surface area (Å²) in [5.74, 6) is 0. The van der Waals surface area contributed by atoms with E-state index in [0.29, 0.717) is 16.8 Å². The molecular weight excluding hydrogens is 611 g/mol. The van der Waals surface area contributed by atoms with Crippen molar-refractivity contribution in [2.45, 2.75) is 0 Å². The fraction of sp³-hybridized carbons (Fsp3) is 0. The molecule has 9 rings (SSSR count). The maximum atomic E-state index is 10.3. The molecule has 7 aromatic carbocycles. The van der Waals surface area contributed by atoms with Crippen LogP contribution in [-0.2, 0) is 0 Å². The van der Waals surface area contributed by atoms with E-state index in [1.54, 1.807) is 0 Å². The first-order chi connectivity index (χ1) is 24.7. The number of nitrogens with zero attached hydrogens (tertiary/aromatic N) is 5. The van der Waals surface area contributed by atoms with Gasteiger partial charge in [0.1, 0.15) is 6.07 Å². The summed E-state index contributed by atoms with van der Waals surface area (Å²) < 4.78 is 4.41. The molecule has 0 radical (unpaired) electrons. The topological polar surface area (TPSA) is 61.8 Å². The van der Waals surface area contributed by atoms with Gasteiger partial charge in [-0.25, -0.2) is 4.85 Å². The highest BCUT2D eigenvalue weighted by Crippen LogP contribution is 2.44. The number of para-hydroxylation sites is 4. The van der Waals surface area contributed by atoms with E-state index in [-0.39, 0.29) is 0 Å². The Bertz CT molecular complexity index is 2920. The van der Waals surface area contributed by atoms with Crippen molar-refractivity contribution in [3.8, 4) is 45.8 Å². The van der Waals surface area contributed by atoms with Gasteiger partial charge >= 0.3 is 0 Å². The zero-order valence-electron chi connectivity index (χ0n) is 26.7. The quantitative estimate of drug-likeness (QED) is 0.181. The zero-order valence-corrected chi connectivity index (χ0v) is 26.7. The van der Waals surface area contributed by atoms with Crippen molar-refractivity contribution in [1.82, 2.24) is 9.13 Å². The lowest BCUT2D eigenvalue weighted by atomic mass is 9.92. The first kappa shape index (κ1) is 28.8. The molecule has 0 aliphatic carbocycles. The summed E-state index contributed by atoms with van der Waals surface area (Å²) >= 11 is 0. The SMILES string of the molecule is [C-]#[N+]c1ccc(-n2c3ccccc3c3ccccc32)cc1-c1ccccc1-c1ccccc1-n1c2ccc(C#N)cc2c2cccc(C#N)c21. The van der Waals surface area contributed by atoms with Crippen LogP contribution in [0.3, 0.4) is 0 Å². The summed E-state index contributed by atoms with van der Waals surface area (Å²) in [6.45, 7) is 8.19. The van der Waals surface area contributed by atoms with Gasteiger partial charge in [-0.15, -0.1) is 0 Å². The molecule has 0 fully saturated rings. The molecule has 9 aromatic rings. The average Bonchev–Trinajstić information content (AvgIpc) is 3.70. The van der Waals surface area contributed by atoms with Gasteiger partial charge in [0.15, 0.2) is 5.69 Å². The van der Waals surface area contributed by atoms with Crippen LogP contribution in [0.2, 0.25) is 0 Å². The van der Waals surface area contributed by atoms with Crippen molar-refractivity contribution >= 4 is 49.3 Å². The van der Waals surface area contributed by atoms with Gasteiger partial charge in [-0.2, -0.15) is 10.5 Å². The molecule has 230 valence electrons. The monoisotopic (exact) mass is 635 g/mol. The summed E-state index contributed by atoms with van der Waals surface area (Å²) in [5.41, 5.74) is 11.1. The molecular formula is C45H25N5. The lowest BCUT2D eigenvalue weighted by Gasteiger charge is -2.18. The molecule has 5 nitrogen and oxygen atoms in total. The van der Waals surface area contributed by atoms with E-state index < -0.39 is 0 Å². The second-order valence-electron chi connectivity index (χ2n) is 12.2. The van der Waals surface area contributed by atoms with E-state index in [9.17, 15) is 10.5 Å². The molecule has 0 aliphatic rings. The predicted molar refractivity (Wildman–Crippen MR) is 202 cm³/mol. The van der Waals surface area contributed by atoms with Crippen molar-refractivity contribution in [3.63, 3.8) is 0 Å². The Balaban J connectivity index is 1.31. The Kier molecular flexibility index (Phi) is 6.56. The molecule has 0 bridgehead atoms. The van der Waals surface area contributed by atoms with E-state index in [1.807, 2.05) is 72.8 Å². The van der Waals surface area contributed by atoms with Crippen LogP contribution in [0.25, 0.3) is 82.1 Å². The first-order valence-corrected chi connectivity index (χ1v) is 16.3. The summed E-state index contributed by atoms with van der Waals surface area (Å²) in [5, 5.41) is 24.2. The number of aromatic nitrogens is 2. The van der Waals surface area contributed by atoms with E-state index in [1.165, 1.54) is 10.8 Å². The molecule has 0 saturated carbocycles. The molecule has 0 saturated heterocycles. The van der Waals surface area contributed by atoms with E-state index in [0.717, 1.165) is 66.5 Å². The molecule has 5 heteroatoms. The van der Waals surface area contributed by atoms with Gasteiger partial charge < -0.3 is 9.13 Å². The van der Waals surface area contributed by atoms with Gasteiger partial charge in [-0.05, 0) is 71.3 Å². The highest BCUT2D eigenvalue weighted by molar-refractivity contribution is 6.12. The van der Waals surface area contributed by atoms with Gasteiger partial charge in [0.25, 0.3) is 0 Å². The Morgan fingerprint density at radius 3 is 1.80 bits per heavy atom. The molecule has 2 heterocycles. The van der Waals surface area contributed by atoms with Crippen LogP contribution in [0.4, 0.5) is 5.69 Å². The molecule has 0 unspecified atom stereocenters. The lowest BCUT2D eigenvalue weighted by molar-refractivity contribution is 1.18. The third-order valence-corrected chi connectivity index (χ3v) is 9.63. The fourth-order valence-corrected chi connectivity index (χ4v) is 7.51. The van der Waals surface area contributed by atoms with Gasteiger partial charge in [-0.1, -0.05) is 97.1 Å². The number of fused-ring (bicyclic) bond motifs is 6. The Morgan fingerprint density at radius 1 is 0.480 bits per heavy atom. The fourth-order valence-electron chi connectivity index (χ4n) is 7.51. The highest BCUT2D eigenvalue weighted by atomic mass is 15.0. The van der Waals surface area contributed by atoms with E-state index in [2.05, 4.69) is 105 Å². The van der Waals surface area contributed by atoms with Gasteiger partial charge in [0.05, 0.1) is 51.5 Å². The van der Waals surface area contributed by atoms with Crippen molar-refractivity contribution in [2.75, 3.05) is 0 Å². The van der Waals surface area contributed by atoms with E-state index >= 15 is 0 Å². The number of hydrogen-bond donors (Lipinski definition) is 0. The van der Waals surface area contributed by atoms with Crippen LogP contribution >= 0.6 is 0 Å². The molecule has 50 heavy (non-hydrogen) atoms. The van der Waals surface area contributed by atoms with Crippen molar-refractivity contribution in [1.29, 1.82) is 10.5 Å². The molecule has 0 spiro atoms. The summed E-state index contributed by atoms with van der Waals surface area (Å²) in [4.78, 5) is 4.00. The van der Waals surface area contributed by atoms with Crippen molar-refractivity contribution < 1.29 is 0 Å². The summed E-state index contributed by atoms with van der Waals surface area (Å²) in [6.07, 6.45) is 0. The lowest BCUT2D eigenvalue weighted by Crippen LogP contribution is -1.99. The highest BCUT2D eigenvalue weighted by Gasteiger charge is 2.21. The summed E-state index contributed by atoms with van der Waals surface area (Å²) in [7, 11) is 0. The van der Waals surface area contributed by atoms with Crippen LogP contribution < -0.4 is 0 Å². The molecule has 0 amide bonds. The minimum atomic E-state index is 0.550. The molecule has 0 N–H and O–H groups in total. The molecule has 0 aliphatic heterocycles. The van der Waals surface area contributed by atoms with Crippen LogP contribution in [-0.4, -0.2) is 9.13 Å². The van der Waals surface area contributed by atoms with E-state index in [4.69, 9.17) is 6.57 Å². The second kappa shape index (κ2) is 11.4. The van der Waals surface area contributed by atoms with Crippen molar-refractivity contribution in [2.24, 2.45) is 0 Å². The second-order valence-corrected chi connectivity index (χ2v) is 12.2. The standard InChI is InChI=1S/C45H25N5/c1-48-40-23-22-31(49-41-18-7-5-15-35(41)36-16-6-8-19-42(36)49)26-38(40)33-13-3-2-12-32(33)34-14-4-9-20-43(34)50-44-24-21-29(27-46)25-39(44)37-17-10-11-30(28-47)45(37)50/h2-26H. The smallest absolute Gasteiger partial charge is 0.195 e. The Morgan fingerprint density at radius 2 is 1.10 bits per heavy atom. The van der Waals surface area contributed by atoms with Gasteiger partial charge in [-0.3, -0.25) is 0 Å². The molecule has 2 aromatic heterocycles. The third-order valence-electron chi connectivity index (χ3n) is 9.63. The zero-order chi connectivity index (χ0) is 33.8.